The smallest absolute Gasteiger partial charge is 0.326 e. The number of ether oxygens (including phenoxy) is 1. The summed E-state index contributed by atoms with van der Waals surface area (Å²) in [6, 6.07) is 9.64. The number of amides is 1. The van der Waals surface area contributed by atoms with E-state index in [9.17, 15) is 9.59 Å². The van der Waals surface area contributed by atoms with E-state index in [-0.39, 0.29) is 13.2 Å². The zero-order chi connectivity index (χ0) is 19.9. The number of carbonyl (C=O) groups is 2. The minimum Gasteiger partial charge on any atom is -0.454 e. The van der Waals surface area contributed by atoms with Crippen molar-refractivity contribution in [3.8, 4) is 11.3 Å². The van der Waals surface area contributed by atoms with Crippen molar-refractivity contribution >= 4 is 34.3 Å². The molecule has 0 fully saturated rings. The normalized spacial score (nSPS) is 10.4. The van der Waals surface area contributed by atoms with Crippen LogP contribution < -0.4 is 10.2 Å². The molecule has 0 spiro atoms. The van der Waals surface area contributed by atoms with Crippen molar-refractivity contribution in [1.82, 2.24) is 15.0 Å². The molecule has 0 atom stereocenters. The van der Waals surface area contributed by atoms with Gasteiger partial charge in [0, 0.05) is 30.4 Å². The third-order valence-electron chi connectivity index (χ3n) is 3.72. The highest BCUT2D eigenvalue weighted by Gasteiger charge is 2.13. The standard InChI is InChI=1S/C19H19N5O3S/c1-13-4-6-14(7-5-13)15-12-28-19(22-15)23-16(25)11-27-17(26)10-24(2)18-20-8-3-9-21-18/h3-9,12H,10-11H2,1-2H3,(H,22,23,25). The van der Waals surface area contributed by atoms with Crippen molar-refractivity contribution in [2.45, 2.75) is 6.92 Å². The molecule has 1 N–H and O–H groups in total. The van der Waals surface area contributed by atoms with Crippen molar-refractivity contribution in [2.24, 2.45) is 0 Å². The Hall–Kier alpha value is -3.33. The summed E-state index contributed by atoms with van der Waals surface area (Å²) < 4.78 is 5.00. The van der Waals surface area contributed by atoms with Crippen molar-refractivity contribution in [1.29, 1.82) is 0 Å². The highest BCUT2D eigenvalue weighted by molar-refractivity contribution is 7.14. The summed E-state index contributed by atoms with van der Waals surface area (Å²) in [4.78, 5) is 37.9. The maximum absolute atomic E-state index is 12.0. The van der Waals surface area contributed by atoms with E-state index in [0.29, 0.717) is 11.1 Å². The lowest BCUT2D eigenvalue weighted by Gasteiger charge is -2.15. The predicted octanol–water partition coefficient (Wildman–Crippen LogP) is 2.53. The number of benzene rings is 1. The Morgan fingerprint density at radius 1 is 1.18 bits per heavy atom. The third kappa shape index (κ3) is 5.34. The van der Waals surface area contributed by atoms with Crippen molar-refractivity contribution < 1.29 is 14.3 Å². The van der Waals surface area contributed by atoms with Gasteiger partial charge in [0.05, 0.1) is 5.69 Å². The Labute approximate surface area is 166 Å². The van der Waals surface area contributed by atoms with Crippen LogP contribution in [0, 0.1) is 6.92 Å². The van der Waals surface area contributed by atoms with E-state index < -0.39 is 11.9 Å². The van der Waals surface area contributed by atoms with Gasteiger partial charge in [-0.15, -0.1) is 11.3 Å². The number of anilines is 2. The van der Waals surface area contributed by atoms with E-state index in [2.05, 4.69) is 20.3 Å². The summed E-state index contributed by atoms with van der Waals surface area (Å²) in [5.41, 5.74) is 2.92. The maximum Gasteiger partial charge on any atom is 0.326 e. The number of aryl methyl sites for hydroxylation is 1. The van der Waals surface area contributed by atoms with Crippen LogP contribution >= 0.6 is 11.3 Å². The van der Waals surface area contributed by atoms with Crippen LogP contribution in [0.2, 0.25) is 0 Å². The van der Waals surface area contributed by atoms with Crippen LogP contribution in [0.4, 0.5) is 11.1 Å². The lowest BCUT2D eigenvalue weighted by Crippen LogP contribution is -2.30. The average molecular weight is 397 g/mol. The number of likely N-dealkylation sites (N-methyl/N-ethyl adjacent to an activating group) is 1. The highest BCUT2D eigenvalue weighted by atomic mass is 32.1. The Balaban J connectivity index is 1.47. The number of aromatic nitrogens is 3. The second kappa shape index (κ2) is 9.05. The second-order valence-electron chi connectivity index (χ2n) is 6.02. The summed E-state index contributed by atoms with van der Waals surface area (Å²) in [6.07, 6.45) is 3.16. The monoisotopic (exact) mass is 397 g/mol. The molecule has 144 valence electrons. The average Bonchev–Trinajstić information content (AvgIpc) is 3.16. The minimum absolute atomic E-state index is 0.0634. The van der Waals surface area contributed by atoms with Crippen LogP contribution in [0.25, 0.3) is 11.3 Å². The number of thiazole rings is 1. The lowest BCUT2D eigenvalue weighted by atomic mass is 10.1. The molecule has 0 aliphatic heterocycles. The second-order valence-corrected chi connectivity index (χ2v) is 6.88. The van der Waals surface area contributed by atoms with Crippen LogP contribution in [-0.4, -0.2) is 47.0 Å². The number of carbonyl (C=O) groups excluding carboxylic acids is 2. The van der Waals surface area contributed by atoms with Crippen LogP contribution in [0.3, 0.4) is 0 Å². The molecule has 8 nitrogen and oxygen atoms in total. The first-order valence-corrected chi connectivity index (χ1v) is 9.35. The molecular weight excluding hydrogens is 378 g/mol. The maximum atomic E-state index is 12.0. The van der Waals surface area contributed by atoms with E-state index in [0.717, 1.165) is 11.3 Å². The van der Waals surface area contributed by atoms with Gasteiger partial charge >= 0.3 is 5.97 Å². The molecule has 3 aromatic rings. The molecule has 0 saturated heterocycles. The van der Waals surface area contributed by atoms with Crippen LogP contribution in [-0.2, 0) is 14.3 Å². The molecular formula is C19H19N5O3S. The summed E-state index contributed by atoms with van der Waals surface area (Å²) >= 11 is 1.31. The topological polar surface area (TPSA) is 97.3 Å². The molecule has 0 unspecified atom stereocenters. The van der Waals surface area contributed by atoms with Crippen LogP contribution in [0.1, 0.15) is 5.56 Å². The van der Waals surface area contributed by atoms with Crippen molar-refractivity contribution in [3.63, 3.8) is 0 Å². The fraction of sp³-hybridized carbons (Fsp3) is 0.211. The first-order valence-electron chi connectivity index (χ1n) is 8.47. The molecule has 1 aromatic carbocycles. The number of hydrogen-bond acceptors (Lipinski definition) is 8. The van der Waals surface area contributed by atoms with Gasteiger partial charge in [-0.25, -0.2) is 15.0 Å². The first-order chi connectivity index (χ1) is 13.5. The molecule has 9 heteroatoms. The SMILES string of the molecule is Cc1ccc(-c2csc(NC(=O)COC(=O)CN(C)c3ncccn3)n2)cc1. The van der Waals surface area contributed by atoms with Gasteiger partial charge in [0.25, 0.3) is 5.91 Å². The van der Waals surface area contributed by atoms with Gasteiger partial charge in [-0.05, 0) is 13.0 Å². The van der Waals surface area contributed by atoms with E-state index >= 15 is 0 Å². The van der Waals surface area contributed by atoms with Crippen molar-refractivity contribution in [3.05, 3.63) is 53.7 Å². The van der Waals surface area contributed by atoms with Gasteiger partial charge in [-0.3, -0.25) is 14.9 Å². The van der Waals surface area contributed by atoms with Gasteiger partial charge in [0.1, 0.15) is 6.54 Å². The molecule has 0 aliphatic carbocycles. The van der Waals surface area contributed by atoms with E-state index in [4.69, 9.17) is 4.74 Å². The minimum atomic E-state index is -0.551. The number of esters is 1. The Morgan fingerprint density at radius 3 is 2.61 bits per heavy atom. The summed E-state index contributed by atoms with van der Waals surface area (Å²) in [5.74, 6) is -0.600. The lowest BCUT2D eigenvalue weighted by molar-refractivity contribution is -0.145. The number of nitrogens with zero attached hydrogens (tertiary/aromatic N) is 4. The summed E-state index contributed by atoms with van der Waals surface area (Å²) in [7, 11) is 1.67. The van der Waals surface area contributed by atoms with Gasteiger partial charge in [0.2, 0.25) is 5.95 Å². The number of rotatable bonds is 7. The molecule has 2 heterocycles. The van der Waals surface area contributed by atoms with E-state index in [1.165, 1.54) is 21.8 Å². The summed E-state index contributed by atoms with van der Waals surface area (Å²) in [6.45, 7) is 1.57. The summed E-state index contributed by atoms with van der Waals surface area (Å²) in [5, 5.41) is 4.95. The molecule has 0 aliphatic rings. The number of nitrogens with one attached hydrogen (secondary N) is 1. The van der Waals surface area contributed by atoms with Crippen molar-refractivity contribution in [2.75, 3.05) is 30.4 Å². The Morgan fingerprint density at radius 2 is 1.89 bits per heavy atom. The molecule has 0 saturated carbocycles. The molecule has 28 heavy (non-hydrogen) atoms. The molecule has 1 amide bonds. The largest absolute Gasteiger partial charge is 0.454 e. The Kier molecular flexibility index (Phi) is 6.28. The molecule has 3 rings (SSSR count). The third-order valence-corrected chi connectivity index (χ3v) is 4.48. The zero-order valence-electron chi connectivity index (χ0n) is 15.5. The Bertz CT molecular complexity index is 944. The number of hydrogen-bond donors (Lipinski definition) is 1. The van der Waals surface area contributed by atoms with Crippen LogP contribution in [0.15, 0.2) is 48.1 Å². The molecule has 2 aromatic heterocycles. The molecule has 0 bridgehead atoms. The first kappa shape index (κ1) is 19.4. The fourth-order valence-corrected chi connectivity index (χ4v) is 3.02. The van der Waals surface area contributed by atoms with E-state index in [1.54, 1.807) is 25.5 Å². The zero-order valence-corrected chi connectivity index (χ0v) is 16.3. The predicted molar refractivity (Wildman–Crippen MR) is 107 cm³/mol. The fourth-order valence-electron chi connectivity index (χ4n) is 2.29. The van der Waals surface area contributed by atoms with E-state index in [1.807, 2.05) is 36.6 Å². The molecule has 0 radical (unpaired) electrons. The quantitative estimate of drug-likeness (QED) is 0.612. The highest BCUT2D eigenvalue weighted by Crippen LogP contribution is 2.25. The van der Waals surface area contributed by atoms with Gasteiger partial charge < -0.3 is 9.64 Å². The van der Waals surface area contributed by atoms with Gasteiger partial charge in [-0.1, -0.05) is 29.8 Å². The van der Waals surface area contributed by atoms with Crippen LogP contribution in [0.5, 0.6) is 0 Å². The van der Waals surface area contributed by atoms with Gasteiger partial charge in [0.15, 0.2) is 11.7 Å². The van der Waals surface area contributed by atoms with Gasteiger partial charge in [-0.2, -0.15) is 0 Å².